The van der Waals surface area contributed by atoms with Gasteiger partial charge in [0, 0.05) is 11.3 Å². The Labute approximate surface area is 161 Å². The molecule has 1 heterocycles. The predicted octanol–water partition coefficient (Wildman–Crippen LogP) is 3.42. The van der Waals surface area contributed by atoms with Gasteiger partial charge in [-0.1, -0.05) is 12.1 Å². The molecule has 1 aliphatic heterocycles. The minimum Gasteiger partial charge on any atom is -0.462 e. The predicted molar refractivity (Wildman–Crippen MR) is 104 cm³/mol. The quantitative estimate of drug-likeness (QED) is 0.796. The number of hydrogen-bond acceptors (Lipinski definition) is 5. The molecule has 0 aliphatic carbocycles. The fraction of sp³-hybridized carbons (Fsp3) is 0.300. The van der Waals surface area contributed by atoms with Crippen molar-refractivity contribution < 1.29 is 18.7 Å². The van der Waals surface area contributed by atoms with Crippen molar-refractivity contribution in [2.45, 2.75) is 18.8 Å². The van der Waals surface area contributed by atoms with Crippen molar-refractivity contribution in [2.24, 2.45) is 0 Å². The highest BCUT2D eigenvalue weighted by atomic mass is 32.2. The molecule has 1 N–H and O–H groups in total. The second kappa shape index (κ2) is 7.70. The lowest BCUT2D eigenvalue weighted by molar-refractivity contribution is -0.116. The molecule has 2 aromatic rings. The lowest BCUT2D eigenvalue weighted by atomic mass is 10.1. The van der Waals surface area contributed by atoms with Gasteiger partial charge >= 0.3 is 5.97 Å². The smallest absolute Gasteiger partial charge is 0.338 e. The summed E-state index contributed by atoms with van der Waals surface area (Å²) in [6.07, 6.45) is 0. The highest BCUT2D eigenvalue weighted by Gasteiger charge is 2.48. The van der Waals surface area contributed by atoms with E-state index in [-0.39, 0.29) is 17.5 Å². The number of hydrogen-bond donors (Lipinski definition) is 1. The van der Waals surface area contributed by atoms with E-state index in [1.165, 1.54) is 23.9 Å². The largest absolute Gasteiger partial charge is 0.462 e. The number of benzene rings is 2. The summed E-state index contributed by atoms with van der Waals surface area (Å²) in [5.41, 5.74) is 2.68. The molecule has 0 radical (unpaired) electrons. The summed E-state index contributed by atoms with van der Waals surface area (Å²) in [5, 5.41) is 3.23. The fourth-order valence-electron chi connectivity index (χ4n) is 3.24. The number of anilines is 1. The van der Waals surface area contributed by atoms with Crippen LogP contribution >= 0.6 is 11.8 Å². The summed E-state index contributed by atoms with van der Waals surface area (Å²) >= 11 is 1.44. The lowest BCUT2D eigenvalue weighted by Crippen LogP contribution is -2.51. The fourth-order valence-corrected chi connectivity index (χ4v) is 4.48. The summed E-state index contributed by atoms with van der Waals surface area (Å²) in [6.45, 7) is 3.90. The van der Waals surface area contributed by atoms with Gasteiger partial charge in [0.05, 0.1) is 17.9 Å². The van der Waals surface area contributed by atoms with E-state index in [0.717, 1.165) is 11.1 Å². The summed E-state index contributed by atoms with van der Waals surface area (Å²) in [6, 6.07) is 11.2. The number of nitrogens with zero attached hydrogens (tertiary/aromatic N) is 1. The third-order valence-electron chi connectivity index (χ3n) is 4.49. The van der Waals surface area contributed by atoms with E-state index < -0.39 is 11.0 Å². The maximum absolute atomic E-state index is 13.4. The zero-order valence-corrected chi connectivity index (χ0v) is 16.2. The van der Waals surface area contributed by atoms with Crippen molar-refractivity contribution in [2.75, 3.05) is 24.3 Å². The van der Waals surface area contributed by atoms with Crippen molar-refractivity contribution in [3.8, 4) is 0 Å². The first-order chi connectivity index (χ1) is 12.9. The standard InChI is InChI=1S/C20H21FN2O3S/c1-4-26-19(25)14-5-10-17(13(2)11-14)23-18(24)12-27-20(23,22-3)15-6-8-16(21)9-7-15/h5-11,22H,4,12H2,1-3H3. The minimum absolute atomic E-state index is 0.0642. The molecular weight excluding hydrogens is 367 g/mol. The molecule has 1 amide bonds. The van der Waals surface area contributed by atoms with Gasteiger partial charge in [-0.05, 0) is 56.8 Å². The summed E-state index contributed by atoms with van der Waals surface area (Å²) in [5.74, 6) is -0.503. The first kappa shape index (κ1) is 19.4. The molecule has 27 heavy (non-hydrogen) atoms. The average molecular weight is 388 g/mol. The molecule has 5 nitrogen and oxygen atoms in total. The van der Waals surface area contributed by atoms with Crippen LogP contribution in [0.25, 0.3) is 0 Å². The minimum atomic E-state index is -0.846. The van der Waals surface area contributed by atoms with E-state index in [4.69, 9.17) is 4.74 Å². The summed E-state index contributed by atoms with van der Waals surface area (Å²) in [7, 11) is 1.77. The number of thioether (sulfide) groups is 1. The van der Waals surface area contributed by atoms with Gasteiger partial charge in [0.25, 0.3) is 0 Å². The molecule has 2 aromatic carbocycles. The highest BCUT2D eigenvalue weighted by Crippen LogP contribution is 2.46. The van der Waals surface area contributed by atoms with E-state index >= 15 is 0 Å². The number of halogens is 1. The second-order valence-electron chi connectivity index (χ2n) is 6.14. The first-order valence-electron chi connectivity index (χ1n) is 8.62. The SMILES string of the molecule is CCOC(=O)c1ccc(N2C(=O)CSC2(NC)c2ccc(F)cc2)c(C)c1. The molecule has 3 rings (SSSR count). The number of rotatable bonds is 5. The Morgan fingerprint density at radius 1 is 1.30 bits per heavy atom. The topological polar surface area (TPSA) is 58.6 Å². The maximum Gasteiger partial charge on any atom is 0.338 e. The van der Waals surface area contributed by atoms with Gasteiger partial charge in [0.15, 0.2) is 4.99 Å². The van der Waals surface area contributed by atoms with Gasteiger partial charge < -0.3 is 4.74 Å². The van der Waals surface area contributed by atoms with E-state index in [1.54, 1.807) is 49.2 Å². The molecule has 0 bridgehead atoms. The zero-order valence-electron chi connectivity index (χ0n) is 15.4. The number of ether oxygens (including phenoxy) is 1. The van der Waals surface area contributed by atoms with Gasteiger partial charge in [-0.15, -0.1) is 11.8 Å². The third-order valence-corrected chi connectivity index (χ3v) is 5.92. The third kappa shape index (κ3) is 3.44. The van der Waals surface area contributed by atoms with Crippen molar-refractivity contribution in [1.29, 1.82) is 0 Å². The van der Waals surface area contributed by atoms with Crippen LogP contribution in [0.1, 0.15) is 28.4 Å². The van der Waals surface area contributed by atoms with Crippen LogP contribution < -0.4 is 10.2 Å². The Morgan fingerprint density at radius 2 is 2.00 bits per heavy atom. The molecule has 1 aliphatic rings. The number of carbonyl (C=O) groups excluding carboxylic acids is 2. The molecule has 1 unspecified atom stereocenters. The van der Waals surface area contributed by atoms with E-state index in [0.29, 0.717) is 17.9 Å². The summed E-state index contributed by atoms with van der Waals surface area (Å²) < 4.78 is 18.4. The maximum atomic E-state index is 13.4. The van der Waals surface area contributed by atoms with Crippen LogP contribution in [0.4, 0.5) is 10.1 Å². The molecule has 7 heteroatoms. The Balaban J connectivity index is 2.06. The Bertz CT molecular complexity index is 872. The van der Waals surface area contributed by atoms with Crippen molar-refractivity contribution in [3.05, 3.63) is 65.0 Å². The van der Waals surface area contributed by atoms with E-state index in [9.17, 15) is 14.0 Å². The number of nitrogens with one attached hydrogen (secondary N) is 1. The van der Waals surface area contributed by atoms with Crippen molar-refractivity contribution >= 4 is 29.3 Å². The van der Waals surface area contributed by atoms with Crippen LogP contribution in [0, 0.1) is 12.7 Å². The normalized spacial score (nSPS) is 19.4. The number of esters is 1. The zero-order chi connectivity index (χ0) is 19.6. The van der Waals surface area contributed by atoms with E-state index in [1.807, 2.05) is 6.92 Å². The van der Waals surface area contributed by atoms with Gasteiger partial charge in [-0.3, -0.25) is 15.0 Å². The van der Waals surface area contributed by atoms with Crippen LogP contribution in [0.3, 0.4) is 0 Å². The molecule has 1 atom stereocenters. The Hall–Kier alpha value is -2.38. The monoisotopic (exact) mass is 388 g/mol. The lowest BCUT2D eigenvalue weighted by Gasteiger charge is -2.38. The van der Waals surface area contributed by atoms with Crippen LogP contribution in [0.2, 0.25) is 0 Å². The molecule has 1 fully saturated rings. The molecular formula is C20H21FN2O3S. The molecule has 142 valence electrons. The Kier molecular flexibility index (Phi) is 5.53. The molecule has 1 saturated heterocycles. The molecule has 0 saturated carbocycles. The van der Waals surface area contributed by atoms with Crippen LogP contribution in [0.15, 0.2) is 42.5 Å². The van der Waals surface area contributed by atoms with E-state index in [2.05, 4.69) is 5.32 Å². The van der Waals surface area contributed by atoms with Crippen molar-refractivity contribution in [1.82, 2.24) is 5.32 Å². The first-order valence-corrected chi connectivity index (χ1v) is 9.61. The molecule has 0 aromatic heterocycles. The number of aryl methyl sites for hydroxylation is 1. The van der Waals surface area contributed by atoms with Crippen molar-refractivity contribution in [3.63, 3.8) is 0 Å². The molecule has 0 spiro atoms. The van der Waals surface area contributed by atoms with Crippen LogP contribution in [0.5, 0.6) is 0 Å². The van der Waals surface area contributed by atoms with Gasteiger partial charge in [-0.2, -0.15) is 0 Å². The van der Waals surface area contributed by atoms with Crippen LogP contribution in [-0.4, -0.2) is 31.3 Å². The number of amides is 1. The number of carbonyl (C=O) groups is 2. The van der Waals surface area contributed by atoms with Gasteiger partial charge in [-0.25, -0.2) is 9.18 Å². The highest BCUT2D eigenvalue weighted by molar-refractivity contribution is 8.01. The van der Waals surface area contributed by atoms with Crippen LogP contribution in [-0.2, 0) is 14.5 Å². The van der Waals surface area contributed by atoms with Gasteiger partial charge in [0.2, 0.25) is 5.91 Å². The van der Waals surface area contributed by atoms with Gasteiger partial charge in [0.1, 0.15) is 5.82 Å². The average Bonchev–Trinajstić information content (AvgIpc) is 3.00. The second-order valence-corrected chi connectivity index (χ2v) is 7.31. The Morgan fingerprint density at radius 3 is 2.59 bits per heavy atom. The summed E-state index contributed by atoms with van der Waals surface area (Å²) in [4.78, 5) is 25.6.